The summed E-state index contributed by atoms with van der Waals surface area (Å²) >= 11 is 0. The molecule has 0 radical (unpaired) electrons. The molecule has 0 spiro atoms. The smallest absolute Gasteiger partial charge is 0.161 e. The van der Waals surface area contributed by atoms with Crippen molar-refractivity contribution < 1.29 is 38.4 Å². The highest BCUT2D eigenvalue weighted by Crippen LogP contribution is 2.27. The van der Waals surface area contributed by atoms with E-state index >= 15 is 0 Å². The van der Waals surface area contributed by atoms with E-state index in [2.05, 4.69) is 35.6 Å². The second-order valence-electron chi connectivity index (χ2n) is 5.00. The maximum Gasteiger partial charge on any atom is 0.161 e. The topological polar surface area (TPSA) is 120 Å². The Morgan fingerprint density at radius 1 is 0.920 bits per heavy atom. The fraction of sp³-hybridized carbons (Fsp3) is 0.294. The Kier molecular flexibility index (Phi) is 9.22. The van der Waals surface area contributed by atoms with Gasteiger partial charge in [0.25, 0.3) is 0 Å². The molecule has 0 fully saturated rings. The van der Waals surface area contributed by atoms with Crippen molar-refractivity contribution in [3.8, 4) is 11.5 Å². The Hall–Kier alpha value is -1.87. The van der Waals surface area contributed by atoms with Crippen LogP contribution in [0.15, 0.2) is 48.5 Å². The zero-order valence-electron chi connectivity index (χ0n) is 14.1. The molecule has 0 saturated heterocycles. The van der Waals surface area contributed by atoms with Crippen LogP contribution >= 0.6 is 0 Å². The Labute approximate surface area is 149 Å². The number of methoxy groups -OCH3 is 2. The summed E-state index contributed by atoms with van der Waals surface area (Å²) in [5, 5.41) is 3.44. The first-order valence-corrected chi connectivity index (χ1v) is 8.68. The molecule has 0 saturated carbocycles. The van der Waals surface area contributed by atoms with Crippen LogP contribution in [0.4, 0.5) is 0 Å². The molecule has 0 aliphatic rings. The number of ether oxygens (including phenoxy) is 2. The highest BCUT2D eigenvalue weighted by atomic mass is 35.7. The standard InChI is InChI=1S/C17H21NO2.ClHO4/c1-19-16-9-8-15(12-17(16)20-2)13-18-11-10-14-6-4-3-5-7-14;2-1(3,4)5/h3-9,12,18H,10-11,13H2,1-2H3;(H,2,3,4,5). The van der Waals surface area contributed by atoms with E-state index < -0.39 is 10.2 Å². The van der Waals surface area contributed by atoms with Crippen LogP contribution in [0.5, 0.6) is 11.5 Å². The number of benzene rings is 2. The van der Waals surface area contributed by atoms with Crippen molar-refractivity contribution in [3.63, 3.8) is 0 Å². The van der Waals surface area contributed by atoms with Crippen LogP contribution in [0.3, 0.4) is 0 Å². The first-order chi connectivity index (χ1) is 11.8. The Morgan fingerprint density at radius 3 is 2.08 bits per heavy atom. The second kappa shape index (κ2) is 10.9. The van der Waals surface area contributed by atoms with Crippen molar-refractivity contribution in [2.24, 2.45) is 0 Å². The van der Waals surface area contributed by atoms with Gasteiger partial charge in [0.2, 0.25) is 0 Å². The Bertz CT molecular complexity index is 612. The summed E-state index contributed by atoms with van der Waals surface area (Å²) in [5.74, 6) is 1.54. The zero-order chi connectivity index (χ0) is 18.7. The van der Waals surface area contributed by atoms with Crippen molar-refractivity contribution in [2.45, 2.75) is 13.0 Å². The van der Waals surface area contributed by atoms with E-state index in [1.807, 2.05) is 18.2 Å². The van der Waals surface area contributed by atoms with Crippen LogP contribution in [0.25, 0.3) is 0 Å². The molecule has 2 rings (SSSR count). The van der Waals surface area contributed by atoms with Crippen LogP contribution < -0.4 is 28.8 Å². The Morgan fingerprint density at radius 2 is 1.52 bits per heavy atom. The first-order valence-electron chi connectivity index (χ1n) is 7.42. The average Bonchev–Trinajstić information content (AvgIpc) is 2.58. The van der Waals surface area contributed by atoms with Crippen LogP contribution in [-0.2, 0) is 13.0 Å². The molecule has 0 heterocycles. The van der Waals surface area contributed by atoms with E-state index in [-0.39, 0.29) is 0 Å². The highest BCUT2D eigenvalue weighted by Gasteiger charge is 2.04. The van der Waals surface area contributed by atoms with E-state index in [0.717, 1.165) is 31.0 Å². The normalized spacial score (nSPS) is 10.6. The molecule has 7 nitrogen and oxygen atoms in total. The predicted octanol–water partition coefficient (Wildman–Crippen LogP) is -1.09. The molecule has 2 N–H and O–H groups in total. The Balaban J connectivity index is 0.000000550. The zero-order valence-corrected chi connectivity index (χ0v) is 14.9. The minimum absolute atomic E-state index is 0.764. The fourth-order valence-corrected chi connectivity index (χ4v) is 2.10. The van der Waals surface area contributed by atoms with Crippen LogP contribution in [0, 0.1) is 10.2 Å². The minimum atomic E-state index is -4.69. The lowest BCUT2D eigenvalue weighted by Gasteiger charge is -2.10. The molecule has 0 aliphatic heterocycles. The number of nitrogens with one attached hydrogen (secondary N) is 1. The molecule has 138 valence electrons. The molecule has 2 aromatic carbocycles. The van der Waals surface area contributed by atoms with Gasteiger partial charge in [-0.3, -0.25) is 0 Å². The monoisotopic (exact) mass is 371 g/mol. The molecule has 2 aromatic rings. The summed E-state index contributed by atoms with van der Waals surface area (Å²) < 4.78 is 43.3. The fourth-order valence-electron chi connectivity index (χ4n) is 2.10. The quantitative estimate of drug-likeness (QED) is 0.593. The van der Waals surface area contributed by atoms with E-state index in [1.54, 1.807) is 14.2 Å². The van der Waals surface area contributed by atoms with E-state index in [0.29, 0.717) is 0 Å². The molecule has 0 aromatic heterocycles. The molecule has 0 atom stereocenters. The third kappa shape index (κ3) is 9.88. The van der Waals surface area contributed by atoms with Crippen molar-refractivity contribution in [2.75, 3.05) is 20.8 Å². The maximum absolute atomic E-state index is 8.60. The molecule has 0 unspecified atom stereocenters. The van der Waals surface area contributed by atoms with Gasteiger partial charge >= 0.3 is 0 Å². The van der Waals surface area contributed by atoms with Gasteiger partial charge in [0.05, 0.1) is 29.1 Å². The van der Waals surface area contributed by atoms with Gasteiger partial charge in [0, 0.05) is 6.54 Å². The van der Waals surface area contributed by atoms with Crippen molar-refractivity contribution in [1.82, 2.24) is 5.32 Å². The van der Waals surface area contributed by atoms with Gasteiger partial charge in [0.1, 0.15) is 0 Å². The molecule has 0 aliphatic carbocycles. The van der Waals surface area contributed by atoms with Gasteiger partial charge in [0.15, 0.2) is 11.5 Å². The van der Waals surface area contributed by atoms with Gasteiger partial charge in [-0.1, -0.05) is 36.4 Å². The number of hydrogen-bond acceptors (Lipinski definition) is 7. The van der Waals surface area contributed by atoms with Gasteiger partial charge < -0.3 is 14.8 Å². The summed E-state index contributed by atoms with van der Waals surface area (Å²) in [6, 6.07) is 16.5. The van der Waals surface area contributed by atoms with Crippen LogP contribution in [0.1, 0.15) is 11.1 Å². The van der Waals surface area contributed by atoms with E-state index in [4.69, 9.17) is 28.1 Å². The van der Waals surface area contributed by atoms with Gasteiger partial charge in [-0.15, -0.1) is 0 Å². The predicted molar refractivity (Wildman–Crippen MR) is 83.6 cm³/mol. The molecular formula is C17H22ClNO6. The van der Waals surface area contributed by atoms with Crippen molar-refractivity contribution in [1.29, 1.82) is 0 Å². The van der Waals surface area contributed by atoms with E-state index in [1.165, 1.54) is 11.1 Å². The average molecular weight is 372 g/mol. The number of halogens is 1. The lowest BCUT2D eigenvalue weighted by molar-refractivity contribution is -1.92. The summed E-state index contributed by atoms with van der Waals surface area (Å²) in [5.41, 5.74) is 2.54. The summed E-state index contributed by atoms with van der Waals surface area (Å²) in [4.78, 5) is 0. The lowest BCUT2D eigenvalue weighted by Crippen LogP contribution is -2.58. The van der Waals surface area contributed by atoms with Crippen LogP contribution in [-0.4, -0.2) is 25.4 Å². The largest absolute Gasteiger partial charge is 0.493 e. The third-order valence-electron chi connectivity index (χ3n) is 3.21. The summed E-state index contributed by atoms with van der Waals surface area (Å²) in [6.07, 6.45) is 1.04. The SMILES string of the molecule is COc1ccc(CNCCc2ccccc2)cc1OC.[O-][Cl+3]([O-])([O-])O. The second-order valence-corrected chi connectivity index (χ2v) is 5.79. The van der Waals surface area contributed by atoms with Gasteiger partial charge in [-0.25, -0.2) is 0 Å². The molecule has 8 heteroatoms. The molecular weight excluding hydrogens is 350 g/mol. The highest BCUT2D eigenvalue weighted by molar-refractivity contribution is 5.42. The van der Waals surface area contributed by atoms with Gasteiger partial charge in [-0.05, 0) is 36.2 Å². The van der Waals surface area contributed by atoms with Gasteiger partial charge in [-0.2, -0.15) is 14.0 Å². The molecule has 0 bridgehead atoms. The molecule has 25 heavy (non-hydrogen) atoms. The minimum Gasteiger partial charge on any atom is -0.493 e. The van der Waals surface area contributed by atoms with Crippen molar-refractivity contribution >= 4 is 0 Å². The maximum atomic E-state index is 8.60. The molecule has 0 amide bonds. The summed E-state index contributed by atoms with van der Waals surface area (Å²) in [6.45, 7) is 1.78. The lowest BCUT2D eigenvalue weighted by atomic mass is 10.1. The van der Waals surface area contributed by atoms with Crippen LogP contribution in [0.2, 0.25) is 0 Å². The number of rotatable bonds is 7. The summed E-state index contributed by atoms with van der Waals surface area (Å²) in [7, 11) is -1.39. The number of hydrogen-bond donors (Lipinski definition) is 2. The third-order valence-corrected chi connectivity index (χ3v) is 3.21. The van der Waals surface area contributed by atoms with E-state index in [9.17, 15) is 0 Å². The van der Waals surface area contributed by atoms with Crippen molar-refractivity contribution in [3.05, 3.63) is 59.7 Å². The first kappa shape index (κ1) is 21.2.